The molecule has 62 heavy (non-hydrogen) atoms. The van der Waals surface area contributed by atoms with Gasteiger partial charge in [-0.3, -0.25) is 4.90 Å². The molecular weight excluding hydrogens is 785 g/mol. The van der Waals surface area contributed by atoms with Gasteiger partial charge in [0, 0.05) is 40.0 Å². The highest BCUT2D eigenvalue weighted by Crippen LogP contribution is 2.41. The molecule has 0 N–H and O–H groups in total. The van der Waals surface area contributed by atoms with E-state index in [4.69, 9.17) is 9.97 Å². The van der Waals surface area contributed by atoms with Gasteiger partial charge in [0.05, 0.1) is 5.52 Å². The zero-order valence-electron chi connectivity index (χ0n) is 33.9. The molecule has 3 heterocycles. The molecule has 0 atom stereocenters. The molecule has 1 aromatic heterocycles. The first-order valence-corrected chi connectivity index (χ1v) is 25.2. The topological polar surface area (TPSA) is 32.3 Å². The molecular formula is C56H40N4Si2. The van der Waals surface area contributed by atoms with Gasteiger partial charge in [0.25, 0.3) is 0 Å². The molecule has 292 valence electrons. The molecule has 0 unspecified atom stereocenters. The third kappa shape index (κ3) is 5.24. The van der Waals surface area contributed by atoms with Gasteiger partial charge in [-0.05, 0) is 84.0 Å². The van der Waals surface area contributed by atoms with Gasteiger partial charge >= 0.3 is 0 Å². The van der Waals surface area contributed by atoms with Crippen molar-refractivity contribution in [3.8, 4) is 0 Å². The van der Waals surface area contributed by atoms with E-state index in [1.807, 2.05) is 6.20 Å². The molecule has 0 fully saturated rings. The zero-order valence-corrected chi connectivity index (χ0v) is 35.9. The molecule has 0 saturated heterocycles. The average molecular weight is 825 g/mol. The highest BCUT2D eigenvalue weighted by Gasteiger charge is 2.50. The summed E-state index contributed by atoms with van der Waals surface area (Å²) in [6, 6.07) is 87.1. The standard InChI is InChI=1S/C56H40N4Si2/c1-5-21-43(22-6-1)61(44-23-7-2-8-24-44)52-33-17-13-29-48(52)59(49-30-14-18-34-53(49)61)42-37-38-47-41(39-42)40-57-56(58-47)60-50-31-15-19-35-54(50)62(45-25-9-3-10-26-45,46-27-11-4-12-28-46)55-36-20-16-32-51(55)60/h1-40H. The van der Waals surface area contributed by atoms with E-state index in [1.54, 1.807) is 0 Å². The average Bonchev–Trinajstić information content (AvgIpc) is 3.35. The van der Waals surface area contributed by atoms with Crippen LogP contribution in [0.2, 0.25) is 0 Å². The summed E-state index contributed by atoms with van der Waals surface area (Å²) in [5.74, 6) is 0.657. The first kappa shape index (κ1) is 36.2. The number of fused-ring (bicyclic) bond motifs is 5. The summed E-state index contributed by atoms with van der Waals surface area (Å²) in [6.07, 6.45) is 2.01. The molecule has 12 rings (SSSR count). The molecule has 2 aliphatic rings. The van der Waals surface area contributed by atoms with Crippen molar-refractivity contribution in [3.05, 3.63) is 243 Å². The summed E-state index contributed by atoms with van der Waals surface area (Å²) < 4.78 is 0. The number of hydrogen-bond donors (Lipinski definition) is 0. The first-order valence-electron chi connectivity index (χ1n) is 21.2. The van der Waals surface area contributed by atoms with Gasteiger partial charge < -0.3 is 4.90 Å². The molecule has 2 aliphatic heterocycles. The van der Waals surface area contributed by atoms with Crippen LogP contribution in [0.4, 0.5) is 34.4 Å². The second-order valence-corrected chi connectivity index (χ2v) is 23.6. The Balaban J connectivity index is 1.02. The Morgan fingerprint density at radius 1 is 0.323 bits per heavy atom. The van der Waals surface area contributed by atoms with Gasteiger partial charge in [-0.1, -0.05) is 194 Å². The Labute approximate surface area is 363 Å². The number of hydrogen-bond acceptors (Lipinski definition) is 4. The van der Waals surface area contributed by atoms with E-state index in [-0.39, 0.29) is 0 Å². The normalized spacial score (nSPS) is 14.3. The predicted octanol–water partition coefficient (Wildman–Crippen LogP) is 7.95. The van der Waals surface area contributed by atoms with E-state index >= 15 is 0 Å². The maximum atomic E-state index is 5.39. The molecule has 0 amide bonds. The van der Waals surface area contributed by atoms with E-state index in [1.165, 1.54) is 52.9 Å². The Morgan fingerprint density at radius 3 is 1.05 bits per heavy atom. The fourth-order valence-corrected chi connectivity index (χ4v) is 20.8. The monoisotopic (exact) mass is 824 g/mol. The van der Waals surface area contributed by atoms with E-state index < -0.39 is 16.1 Å². The van der Waals surface area contributed by atoms with Crippen LogP contribution in [0.1, 0.15) is 0 Å². The largest absolute Gasteiger partial charge is 0.311 e. The molecule has 0 bridgehead atoms. The number of nitrogens with zero attached hydrogens (tertiary/aromatic N) is 4. The number of para-hydroxylation sites is 4. The Kier molecular flexibility index (Phi) is 8.48. The molecule has 9 aromatic carbocycles. The number of rotatable bonds is 6. The van der Waals surface area contributed by atoms with Crippen LogP contribution in [0.15, 0.2) is 243 Å². The van der Waals surface area contributed by atoms with Crippen molar-refractivity contribution in [1.82, 2.24) is 9.97 Å². The highest BCUT2D eigenvalue weighted by molar-refractivity contribution is 7.22. The van der Waals surface area contributed by atoms with Crippen LogP contribution in [0.3, 0.4) is 0 Å². The summed E-state index contributed by atoms with van der Waals surface area (Å²) >= 11 is 0. The molecule has 0 radical (unpaired) electrons. The minimum atomic E-state index is -2.74. The summed E-state index contributed by atoms with van der Waals surface area (Å²) in [5.41, 5.74) is 6.61. The quantitative estimate of drug-likeness (QED) is 0.160. The molecule has 0 aliphatic carbocycles. The van der Waals surface area contributed by atoms with E-state index in [9.17, 15) is 0 Å². The van der Waals surface area contributed by atoms with Crippen LogP contribution >= 0.6 is 0 Å². The Morgan fingerprint density at radius 2 is 0.661 bits per heavy atom. The minimum Gasteiger partial charge on any atom is -0.311 e. The van der Waals surface area contributed by atoms with Gasteiger partial charge in [-0.25, -0.2) is 9.97 Å². The molecule has 0 spiro atoms. The number of aromatic nitrogens is 2. The third-order valence-corrected chi connectivity index (χ3v) is 22.8. The van der Waals surface area contributed by atoms with Crippen molar-refractivity contribution in [3.63, 3.8) is 0 Å². The summed E-state index contributed by atoms with van der Waals surface area (Å²) in [6.45, 7) is 0. The minimum absolute atomic E-state index is 0.657. The van der Waals surface area contributed by atoms with Gasteiger partial charge in [0.15, 0.2) is 16.1 Å². The molecule has 6 heteroatoms. The lowest BCUT2D eigenvalue weighted by atomic mass is 10.1. The summed E-state index contributed by atoms with van der Waals surface area (Å²) in [7, 11) is -5.46. The van der Waals surface area contributed by atoms with Crippen molar-refractivity contribution < 1.29 is 0 Å². The summed E-state index contributed by atoms with van der Waals surface area (Å²) in [5, 5.41) is 11.8. The van der Waals surface area contributed by atoms with E-state index in [0.717, 1.165) is 28.0 Å². The van der Waals surface area contributed by atoms with Crippen molar-refractivity contribution in [1.29, 1.82) is 0 Å². The lowest BCUT2D eigenvalue weighted by molar-refractivity contribution is 1.11. The Hall–Kier alpha value is -7.65. The van der Waals surface area contributed by atoms with Crippen molar-refractivity contribution in [2.45, 2.75) is 0 Å². The van der Waals surface area contributed by atoms with E-state index in [0.29, 0.717) is 5.95 Å². The number of anilines is 6. The van der Waals surface area contributed by atoms with Crippen molar-refractivity contribution in [2.75, 3.05) is 9.80 Å². The lowest BCUT2D eigenvalue weighted by Gasteiger charge is -2.45. The predicted molar refractivity (Wildman–Crippen MR) is 263 cm³/mol. The maximum absolute atomic E-state index is 5.39. The molecule has 4 nitrogen and oxygen atoms in total. The first-order chi connectivity index (χ1) is 30.8. The van der Waals surface area contributed by atoms with Crippen LogP contribution in [0.25, 0.3) is 10.9 Å². The van der Waals surface area contributed by atoms with Gasteiger partial charge in [-0.15, -0.1) is 0 Å². The molecule has 0 saturated carbocycles. The van der Waals surface area contributed by atoms with E-state index in [2.05, 4.69) is 246 Å². The van der Waals surface area contributed by atoms with Crippen LogP contribution in [0.5, 0.6) is 0 Å². The van der Waals surface area contributed by atoms with Crippen LogP contribution in [-0.4, -0.2) is 26.1 Å². The molecule has 10 aromatic rings. The van der Waals surface area contributed by atoms with Gasteiger partial charge in [0.1, 0.15) is 0 Å². The fraction of sp³-hybridized carbons (Fsp3) is 0. The van der Waals surface area contributed by atoms with Gasteiger partial charge in [0.2, 0.25) is 5.95 Å². The smallest absolute Gasteiger partial charge is 0.235 e. The second-order valence-electron chi connectivity index (χ2n) is 16.1. The second kappa shape index (κ2) is 14.5. The van der Waals surface area contributed by atoms with Crippen LogP contribution in [-0.2, 0) is 0 Å². The Bertz CT molecular complexity index is 2870. The highest BCUT2D eigenvalue weighted by atomic mass is 28.3. The third-order valence-electron chi connectivity index (χ3n) is 13.0. The van der Waals surface area contributed by atoms with Crippen molar-refractivity contribution >= 4 is 103 Å². The van der Waals surface area contributed by atoms with Crippen molar-refractivity contribution in [2.24, 2.45) is 0 Å². The maximum Gasteiger partial charge on any atom is 0.235 e. The fourth-order valence-electron chi connectivity index (χ4n) is 10.6. The lowest BCUT2D eigenvalue weighted by Crippen LogP contribution is -2.77. The van der Waals surface area contributed by atoms with Gasteiger partial charge in [-0.2, -0.15) is 0 Å². The zero-order chi connectivity index (χ0) is 41.1. The number of benzene rings is 9. The van der Waals surface area contributed by atoms with Crippen LogP contribution in [0, 0.1) is 0 Å². The van der Waals surface area contributed by atoms with Crippen LogP contribution < -0.4 is 51.3 Å². The summed E-state index contributed by atoms with van der Waals surface area (Å²) in [4.78, 5) is 15.3. The SMILES string of the molecule is c1ccc([Si]2(c3ccccc3)c3ccccc3N(c3ccc4nc(N5c6ccccc6[Si](c6ccccc6)(c6ccccc6)c6ccccc65)ncc4c3)c3ccccc32)cc1.